The molecule has 8 aromatic carbocycles. The maximum atomic E-state index is 6.51. The molecule has 10 rings (SSSR count). The third-order valence-corrected chi connectivity index (χ3v) is 10.2. The van der Waals surface area contributed by atoms with Gasteiger partial charge in [0.2, 0.25) is 0 Å². The lowest BCUT2D eigenvalue weighted by atomic mass is 9.95. The summed E-state index contributed by atoms with van der Waals surface area (Å²) in [6.45, 7) is 6.40. The molecule has 4 heteroatoms. The number of nitrogens with zero attached hydrogens (tertiary/aromatic N) is 2. The van der Waals surface area contributed by atoms with Crippen LogP contribution < -0.4 is 0 Å². The van der Waals surface area contributed by atoms with E-state index < -0.39 is 0 Å². The number of benzene rings is 8. The minimum absolute atomic E-state index is 0.590. The predicted octanol–water partition coefficient (Wildman–Crippen LogP) is 13.4. The molecule has 4 nitrogen and oxygen atoms in total. The van der Waals surface area contributed by atoms with E-state index in [-0.39, 0.29) is 0 Å². The van der Waals surface area contributed by atoms with Gasteiger partial charge >= 0.3 is 0 Å². The lowest BCUT2D eigenvalue weighted by molar-refractivity contribution is 0.668. The van der Waals surface area contributed by atoms with Gasteiger partial charge in [0.15, 0.2) is 5.84 Å². The first-order valence-corrected chi connectivity index (χ1v) is 17.8. The van der Waals surface area contributed by atoms with E-state index in [1.165, 1.54) is 16.2 Å². The van der Waals surface area contributed by atoms with Crippen molar-refractivity contribution < 1.29 is 8.83 Å². The summed E-state index contributed by atoms with van der Waals surface area (Å²) in [4.78, 5) is 10.4. The molecule has 0 N–H and O–H groups in total. The summed E-state index contributed by atoms with van der Waals surface area (Å²) in [5.74, 6) is 0.590. The molecule has 0 unspecified atom stereocenters. The summed E-state index contributed by atoms with van der Waals surface area (Å²) in [6.07, 6.45) is 0. The van der Waals surface area contributed by atoms with E-state index in [9.17, 15) is 0 Å². The average molecular weight is 681 g/mol. The molecule has 0 fully saturated rings. The first-order chi connectivity index (χ1) is 26.1. The van der Waals surface area contributed by atoms with Crippen molar-refractivity contribution in [1.82, 2.24) is 0 Å². The van der Waals surface area contributed by atoms with Crippen LogP contribution in [0.15, 0.2) is 189 Å². The Bertz CT molecular complexity index is 3140. The fraction of sp³-hybridized carbons (Fsp3) is 0.0204. The van der Waals surface area contributed by atoms with Crippen LogP contribution in [0.3, 0.4) is 0 Å². The molecule has 0 bridgehead atoms. The van der Waals surface area contributed by atoms with E-state index in [4.69, 9.17) is 18.8 Å². The highest BCUT2D eigenvalue weighted by molar-refractivity contribution is 6.24. The topological polar surface area (TPSA) is 51.0 Å². The Kier molecular flexibility index (Phi) is 7.15. The zero-order valence-electron chi connectivity index (χ0n) is 29.0. The molecule has 2 heterocycles. The van der Waals surface area contributed by atoms with Gasteiger partial charge in [-0.1, -0.05) is 134 Å². The number of rotatable bonds is 5. The van der Waals surface area contributed by atoms with Gasteiger partial charge in [-0.2, -0.15) is 0 Å². The van der Waals surface area contributed by atoms with E-state index >= 15 is 0 Å². The van der Waals surface area contributed by atoms with Crippen LogP contribution in [0.1, 0.15) is 23.6 Å². The molecule has 0 spiro atoms. The van der Waals surface area contributed by atoms with Crippen molar-refractivity contribution in [1.29, 1.82) is 0 Å². The van der Waals surface area contributed by atoms with Gasteiger partial charge in [-0.15, -0.1) is 0 Å². The Hall–Kier alpha value is -7.04. The van der Waals surface area contributed by atoms with Gasteiger partial charge in [-0.25, -0.2) is 9.98 Å². The third kappa shape index (κ3) is 5.23. The van der Waals surface area contributed by atoms with Crippen molar-refractivity contribution in [2.75, 3.05) is 0 Å². The van der Waals surface area contributed by atoms with E-state index in [1.807, 2.05) is 79.7 Å². The summed E-state index contributed by atoms with van der Waals surface area (Å²) in [5, 5.41) is 9.01. The molecule has 0 aliphatic carbocycles. The van der Waals surface area contributed by atoms with Gasteiger partial charge < -0.3 is 8.83 Å². The van der Waals surface area contributed by atoms with Crippen LogP contribution in [-0.4, -0.2) is 11.5 Å². The van der Waals surface area contributed by atoms with Crippen LogP contribution in [0.4, 0.5) is 0 Å². The molecule has 0 radical (unpaired) electrons. The van der Waals surface area contributed by atoms with Gasteiger partial charge in [-0.05, 0) is 81.6 Å². The fourth-order valence-electron chi connectivity index (χ4n) is 7.65. The molecular formula is C49H32N2O2. The molecule has 0 amide bonds. The highest BCUT2D eigenvalue weighted by Gasteiger charge is 2.19. The third-order valence-electron chi connectivity index (χ3n) is 10.2. The van der Waals surface area contributed by atoms with Crippen molar-refractivity contribution in [3.8, 4) is 11.1 Å². The Morgan fingerprint density at radius 3 is 2.02 bits per heavy atom. The van der Waals surface area contributed by atoms with E-state index in [2.05, 4.69) is 97.6 Å². The summed E-state index contributed by atoms with van der Waals surface area (Å²) in [5.41, 5.74) is 9.77. The molecule has 53 heavy (non-hydrogen) atoms. The second kappa shape index (κ2) is 12.3. The summed E-state index contributed by atoms with van der Waals surface area (Å²) < 4.78 is 12.8. The smallest absolute Gasteiger partial charge is 0.160 e. The largest absolute Gasteiger partial charge is 0.456 e. The van der Waals surface area contributed by atoms with Crippen molar-refractivity contribution in [3.05, 3.63) is 187 Å². The van der Waals surface area contributed by atoms with E-state index in [0.717, 1.165) is 82.8 Å². The van der Waals surface area contributed by atoms with E-state index in [1.54, 1.807) is 0 Å². The minimum Gasteiger partial charge on any atom is -0.456 e. The monoisotopic (exact) mass is 680 g/mol. The average Bonchev–Trinajstić information content (AvgIpc) is 3.79. The summed E-state index contributed by atoms with van der Waals surface area (Å²) in [6, 6.07) is 56.4. The highest BCUT2D eigenvalue weighted by atomic mass is 16.3. The van der Waals surface area contributed by atoms with Gasteiger partial charge in [-0.3, -0.25) is 0 Å². The minimum atomic E-state index is 0.590. The van der Waals surface area contributed by atoms with Crippen LogP contribution in [-0.2, 0) is 0 Å². The quantitative estimate of drug-likeness (QED) is 0.103. The van der Waals surface area contributed by atoms with Crippen LogP contribution >= 0.6 is 0 Å². The number of hydrogen-bond donors (Lipinski definition) is 0. The number of para-hydroxylation sites is 1. The van der Waals surface area contributed by atoms with Crippen LogP contribution in [0.5, 0.6) is 0 Å². The highest BCUT2D eigenvalue weighted by Crippen LogP contribution is 2.40. The molecule has 0 atom stereocenters. The molecule has 2 aromatic heterocycles. The number of aliphatic imine (C=N–C) groups is 2. The van der Waals surface area contributed by atoms with Gasteiger partial charge in [0.05, 0.1) is 5.70 Å². The number of fused-ring (bicyclic) bond motifs is 9. The van der Waals surface area contributed by atoms with Crippen LogP contribution in [0, 0.1) is 0 Å². The standard InChI is InChI=1S/C49H32N2O2/c1-30(32-12-4-3-5-13-32)50-49(36-25-26-39-34(28-36)23-22-33-14-6-7-15-38(33)39)51-31(2)37-17-10-20-44-47(37)48-40(18-11-21-45(48)53-44)35-24-27-42-41-16-8-9-19-43(41)52-46(42)29-35/h3-29H,1H2,2H3/b50-49-,51-31+. The lowest BCUT2D eigenvalue weighted by Gasteiger charge is -2.11. The molecule has 0 aliphatic rings. The summed E-state index contributed by atoms with van der Waals surface area (Å²) >= 11 is 0. The van der Waals surface area contributed by atoms with Crippen molar-refractivity contribution in [2.24, 2.45) is 9.98 Å². The van der Waals surface area contributed by atoms with Gasteiger partial charge in [0, 0.05) is 38.4 Å². The maximum absolute atomic E-state index is 6.51. The Morgan fingerprint density at radius 2 is 1.13 bits per heavy atom. The maximum Gasteiger partial charge on any atom is 0.160 e. The molecule has 0 saturated carbocycles. The lowest BCUT2D eigenvalue weighted by Crippen LogP contribution is -2.05. The SMILES string of the molecule is C=C(/N=C(\N=C(/C)c1cccc2oc3cccc(-c4ccc5c(c4)oc4ccccc45)c3c12)c1ccc2c(ccc3ccccc32)c1)c1ccccc1. The number of furan rings is 2. The Balaban J connectivity index is 1.15. The zero-order valence-corrected chi connectivity index (χ0v) is 29.0. The summed E-state index contributed by atoms with van der Waals surface area (Å²) in [7, 11) is 0. The first-order valence-electron chi connectivity index (χ1n) is 17.8. The van der Waals surface area contributed by atoms with Crippen molar-refractivity contribution >= 4 is 82.7 Å². The van der Waals surface area contributed by atoms with Crippen LogP contribution in [0.25, 0.3) is 82.2 Å². The van der Waals surface area contributed by atoms with Crippen molar-refractivity contribution in [2.45, 2.75) is 6.92 Å². The Morgan fingerprint density at radius 1 is 0.472 bits per heavy atom. The number of hydrogen-bond acceptors (Lipinski definition) is 3. The zero-order chi connectivity index (χ0) is 35.5. The van der Waals surface area contributed by atoms with Crippen LogP contribution in [0.2, 0.25) is 0 Å². The molecule has 0 saturated heterocycles. The Labute approximate surface area is 305 Å². The number of amidine groups is 1. The van der Waals surface area contributed by atoms with Crippen molar-refractivity contribution in [3.63, 3.8) is 0 Å². The predicted molar refractivity (Wildman–Crippen MR) is 222 cm³/mol. The molecular weight excluding hydrogens is 649 g/mol. The molecule has 250 valence electrons. The fourth-order valence-corrected chi connectivity index (χ4v) is 7.65. The first kappa shape index (κ1) is 30.8. The van der Waals surface area contributed by atoms with Gasteiger partial charge in [0.25, 0.3) is 0 Å². The molecule has 0 aliphatic heterocycles. The second-order valence-electron chi connectivity index (χ2n) is 13.4. The van der Waals surface area contributed by atoms with E-state index in [0.29, 0.717) is 11.5 Å². The molecule has 10 aromatic rings. The second-order valence-corrected chi connectivity index (χ2v) is 13.4. The normalized spacial score (nSPS) is 12.5. The van der Waals surface area contributed by atoms with Gasteiger partial charge in [0.1, 0.15) is 22.3 Å².